The molecular weight excluding hydrogens is 833 g/mol. The van der Waals surface area contributed by atoms with Gasteiger partial charge in [-0.15, -0.1) is 0 Å². The van der Waals surface area contributed by atoms with Crippen LogP contribution in [0.2, 0.25) is 0 Å². The smallest absolute Gasteiger partial charge is 0.138 e. The Labute approximate surface area is 397 Å². The van der Waals surface area contributed by atoms with E-state index in [2.05, 4.69) is 232 Å². The van der Waals surface area contributed by atoms with Gasteiger partial charge in [-0.1, -0.05) is 84.9 Å². The first-order valence-electron chi connectivity index (χ1n) is 23.6. The van der Waals surface area contributed by atoms with Gasteiger partial charge in [0, 0.05) is 56.4 Å². The van der Waals surface area contributed by atoms with Gasteiger partial charge in [0.2, 0.25) is 0 Å². The molecule has 334 valence electrons. The monoisotopic (exact) mass is 886 g/mol. The fourth-order valence-electron chi connectivity index (χ4n) is 10.6. The van der Waals surface area contributed by atoms with Gasteiger partial charge in [-0.2, -0.15) is 0 Å². The zero-order chi connectivity index (χ0) is 46.7. The molecule has 2 aliphatic rings. The van der Waals surface area contributed by atoms with Crippen molar-refractivity contribution in [2.75, 3.05) is 9.80 Å². The highest BCUT2D eigenvalue weighted by Gasteiger charge is 2.51. The van der Waals surface area contributed by atoms with Crippen LogP contribution < -0.4 is 9.80 Å². The van der Waals surface area contributed by atoms with E-state index in [1.54, 1.807) is 0 Å². The Morgan fingerprint density at radius 2 is 0.691 bits per heavy atom. The van der Waals surface area contributed by atoms with E-state index in [0.29, 0.717) is 0 Å². The molecule has 0 aliphatic carbocycles. The van der Waals surface area contributed by atoms with Crippen molar-refractivity contribution in [3.05, 3.63) is 194 Å². The first kappa shape index (κ1) is 41.6. The summed E-state index contributed by atoms with van der Waals surface area (Å²) in [4.78, 5) is 25.3. The summed E-state index contributed by atoms with van der Waals surface area (Å²) >= 11 is 0. The maximum absolute atomic E-state index is 5.38. The second kappa shape index (κ2) is 14.8. The molecule has 0 unspecified atom stereocenters. The lowest BCUT2D eigenvalue weighted by atomic mass is 9.83. The van der Waals surface area contributed by atoms with Crippen LogP contribution >= 0.6 is 0 Å². The van der Waals surface area contributed by atoms with Crippen molar-refractivity contribution in [2.45, 2.75) is 77.5 Å². The molecule has 8 nitrogen and oxygen atoms in total. The molecule has 0 bridgehead atoms. The van der Waals surface area contributed by atoms with Crippen LogP contribution in [-0.4, -0.2) is 52.9 Å². The van der Waals surface area contributed by atoms with Crippen LogP contribution in [0.5, 0.6) is 0 Å². The highest BCUT2D eigenvalue weighted by Crippen LogP contribution is 2.45. The van der Waals surface area contributed by atoms with Crippen LogP contribution in [0, 0.1) is 0 Å². The highest BCUT2D eigenvalue weighted by molar-refractivity contribution is 6.16. The third kappa shape index (κ3) is 6.12. The Bertz CT molecular complexity index is 3460. The van der Waals surface area contributed by atoms with Crippen molar-refractivity contribution in [2.24, 2.45) is 9.98 Å². The van der Waals surface area contributed by atoms with Gasteiger partial charge in [-0.3, -0.25) is 20.0 Å². The summed E-state index contributed by atoms with van der Waals surface area (Å²) in [6.45, 7) is 18.0. The summed E-state index contributed by atoms with van der Waals surface area (Å²) in [5.41, 5.74) is 11.8. The third-order valence-electron chi connectivity index (χ3n) is 15.5. The van der Waals surface area contributed by atoms with E-state index in [1.165, 1.54) is 21.5 Å². The Morgan fingerprint density at radius 3 is 1.10 bits per heavy atom. The van der Waals surface area contributed by atoms with Crippen LogP contribution in [0.15, 0.2) is 192 Å². The lowest BCUT2D eigenvalue weighted by molar-refractivity contribution is 0.338. The number of fused-ring (bicyclic) bond motifs is 6. The number of nitrogens with zero attached hydrogens (tertiary/aromatic N) is 8. The lowest BCUT2D eigenvalue weighted by Gasteiger charge is -2.41. The van der Waals surface area contributed by atoms with Gasteiger partial charge in [0.15, 0.2) is 0 Å². The second-order valence-corrected chi connectivity index (χ2v) is 20.5. The van der Waals surface area contributed by atoms with Gasteiger partial charge in [0.25, 0.3) is 0 Å². The minimum atomic E-state index is -0.330. The molecule has 68 heavy (non-hydrogen) atoms. The number of aromatic nitrogens is 4. The van der Waals surface area contributed by atoms with Gasteiger partial charge in [0.05, 0.1) is 68.0 Å². The van der Waals surface area contributed by atoms with Crippen molar-refractivity contribution < 1.29 is 0 Å². The zero-order valence-corrected chi connectivity index (χ0v) is 39.9. The zero-order valence-electron chi connectivity index (χ0n) is 39.9. The predicted octanol–water partition coefficient (Wildman–Crippen LogP) is 14.0. The van der Waals surface area contributed by atoms with Crippen LogP contribution in [0.25, 0.3) is 66.1 Å². The number of anilines is 2. The van der Waals surface area contributed by atoms with E-state index >= 15 is 0 Å². The quantitative estimate of drug-likeness (QED) is 0.160. The summed E-state index contributed by atoms with van der Waals surface area (Å²) in [5, 5.41) is 4.75. The second-order valence-electron chi connectivity index (χ2n) is 20.5. The molecule has 6 heterocycles. The molecule has 0 radical (unpaired) electrons. The van der Waals surface area contributed by atoms with E-state index in [4.69, 9.17) is 20.0 Å². The number of para-hydroxylation sites is 4. The summed E-state index contributed by atoms with van der Waals surface area (Å²) in [6.07, 6.45) is 7.85. The molecule has 10 aromatic rings. The number of benzene rings is 6. The van der Waals surface area contributed by atoms with Crippen LogP contribution in [0.3, 0.4) is 0 Å². The number of amidine groups is 2. The normalized spacial score (nSPS) is 17.1. The summed E-state index contributed by atoms with van der Waals surface area (Å²) in [6, 6.07) is 56.8. The number of hydrogen-bond donors (Lipinski definition) is 0. The minimum Gasteiger partial charge on any atom is -0.318 e. The average Bonchev–Trinajstić information content (AvgIpc) is 3.98. The molecule has 12 rings (SSSR count). The summed E-state index contributed by atoms with van der Waals surface area (Å²) < 4.78 is 4.70. The van der Waals surface area contributed by atoms with E-state index in [-0.39, 0.29) is 22.2 Å². The molecule has 6 aromatic carbocycles. The summed E-state index contributed by atoms with van der Waals surface area (Å²) in [5.74, 6) is 1.85. The number of rotatable bonds is 7. The van der Waals surface area contributed by atoms with Crippen molar-refractivity contribution in [1.82, 2.24) is 19.1 Å². The Kier molecular flexibility index (Phi) is 9.07. The van der Waals surface area contributed by atoms with Crippen molar-refractivity contribution in [3.63, 3.8) is 0 Å². The Morgan fingerprint density at radius 1 is 0.324 bits per heavy atom. The fourth-order valence-corrected chi connectivity index (χ4v) is 10.6. The van der Waals surface area contributed by atoms with Gasteiger partial charge < -0.3 is 18.9 Å². The number of hydrogen-bond acceptors (Lipinski definition) is 6. The Hall–Kier alpha value is -7.84. The standard InChI is InChI=1S/C60H54N8/c1-57(2)59(5,6)67(43-19-11-9-12-20-43)55(63-57)41-31-45(37-61-35-41)65-51-25-17-15-23-47(51)49-33-39(27-29-53(49)65)40-28-30-54-50(34-40)48-24-16-18-26-52(48)66(54)46-32-42(36-62-38-46)56-64-58(3,4)60(7,8)68(56)44-21-13-10-14-22-44/h9-38H,1-8H3. The molecule has 0 spiro atoms. The molecule has 0 atom stereocenters. The van der Waals surface area contributed by atoms with Crippen molar-refractivity contribution in [3.8, 4) is 22.5 Å². The van der Waals surface area contributed by atoms with E-state index in [0.717, 1.165) is 78.7 Å². The molecular formula is C60H54N8. The number of pyridine rings is 2. The van der Waals surface area contributed by atoms with Crippen LogP contribution in [-0.2, 0) is 0 Å². The summed E-state index contributed by atoms with van der Waals surface area (Å²) in [7, 11) is 0. The van der Waals surface area contributed by atoms with Gasteiger partial charge in [0.1, 0.15) is 11.7 Å². The molecule has 0 saturated heterocycles. The largest absolute Gasteiger partial charge is 0.318 e. The van der Waals surface area contributed by atoms with Gasteiger partial charge in [-0.25, -0.2) is 0 Å². The molecule has 2 aliphatic heterocycles. The van der Waals surface area contributed by atoms with E-state index in [9.17, 15) is 0 Å². The van der Waals surface area contributed by atoms with Crippen LogP contribution in [0.4, 0.5) is 11.4 Å². The predicted molar refractivity (Wildman–Crippen MR) is 283 cm³/mol. The molecule has 0 amide bonds. The third-order valence-corrected chi connectivity index (χ3v) is 15.5. The van der Waals surface area contributed by atoms with Crippen molar-refractivity contribution >= 4 is 66.7 Å². The first-order chi connectivity index (χ1) is 32.7. The minimum absolute atomic E-state index is 0.269. The van der Waals surface area contributed by atoms with Crippen LogP contribution in [0.1, 0.15) is 66.5 Å². The first-order valence-corrected chi connectivity index (χ1v) is 23.6. The maximum atomic E-state index is 5.38. The molecule has 8 heteroatoms. The van der Waals surface area contributed by atoms with E-state index < -0.39 is 0 Å². The molecule has 0 N–H and O–H groups in total. The Balaban J connectivity index is 0.950. The topological polar surface area (TPSA) is 66.8 Å². The molecule has 0 saturated carbocycles. The molecule has 0 fully saturated rings. The SMILES string of the molecule is CC1(C)N=C(c2cncc(-n3c4ccccc4c4cc(-c5ccc6c(c5)c5ccccc5n6-c5cncc(C6=NC(C)(C)C(C)(C)N6c6ccccc6)c5)ccc43)c2)N(c2ccccc2)C1(C)C. The molecule has 4 aromatic heterocycles. The van der Waals surface area contributed by atoms with E-state index in [1.807, 2.05) is 24.8 Å². The van der Waals surface area contributed by atoms with Gasteiger partial charge in [-0.05, 0) is 139 Å². The lowest BCUT2D eigenvalue weighted by Crippen LogP contribution is -2.53. The number of aliphatic imine (C=N–C) groups is 2. The highest BCUT2D eigenvalue weighted by atomic mass is 15.3. The van der Waals surface area contributed by atoms with Gasteiger partial charge >= 0.3 is 0 Å². The van der Waals surface area contributed by atoms with Crippen molar-refractivity contribution in [1.29, 1.82) is 0 Å². The fraction of sp³-hybridized carbons (Fsp3) is 0.200. The average molecular weight is 887 g/mol. The maximum Gasteiger partial charge on any atom is 0.138 e.